The molecule has 132 valence electrons. The minimum atomic E-state index is -0.700. The predicted molar refractivity (Wildman–Crippen MR) is 98.3 cm³/mol. The van der Waals surface area contributed by atoms with Gasteiger partial charge in [0.25, 0.3) is 5.91 Å². The molecule has 0 unspecified atom stereocenters. The summed E-state index contributed by atoms with van der Waals surface area (Å²) in [5, 5.41) is 2.90. The van der Waals surface area contributed by atoms with Crippen molar-refractivity contribution in [1.82, 2.24) is 0 Å². The van der Waals surface area contributed by atoms with Gasteiger partial charge < -0.3 is 10.1 Å². The lowest BCUT2D eigenvalue weighted by atomic mass is 10.1. The van der Waals surface area contributed by atoms with Gasteiger partial charge in [0.05, 0.1) is 11.8 Å². The van der Waals surface area contributed by atoms with E-state index in [1.165, 1.54) is 24.3 Å². The van der Waals surface area contributed by atoms with E-state index >= 15 is 0 Å². The largest absolute Gasteiger partial charge is 0.484 e. The third kappa shape index (κ3) is 5.47. The monoisotopic (exact) mass is 383 g/mol. The maximum atomic E-state index is 14.1. The second-order valence-electron chi connectivity index (χ2n) is 5.60. The van der Waals surface area contributed by atoms with Gasteiger partial charge in [0.1, 0.15) is 11.6 Å². The molecule has 0 saturated carbocycles. The van der Waals surface area contributed by atoms with Crippen LogP contribution in [0.1, 0.15) is 29.8 Å². The van der Waals surface area contributed by atoms with E-state index < -0.39 is 17.5 Å². The second kappa shape index (κ2) is 8.36. The SMILES string of the molecule is CC(C)OC(=S)Cc1cc(NC(=O)c2cccc(F)c2)c(F)cc1Cl. The summed E-state index contributed by atoms with van der Waals surface area (Å²) in [6, 6.07) is 7.60. The van der Waals surface area contributed by atoms with Crippen molar-refractivity contribution in [3.8, 4) is 0 Å². The normalized spacial score (nSPS) is 10.6. The summed E-state index contributed by atoms with van der Waals surface area (Å²) in [6.07, 6.45) is 0.119. The second-order valence-corrected chi connectivity index (χ2v) is 6.47. The van der Waals surface area contributed by atoms with E-state index in [9.17, 15) is 13.6 Å². The fourth-order valence-corrected chi connectivity index (χ4v) is 2.67. The summed E-state index contributed by atoms with van der Waals surface area (Å²) in [7, 11) is 0. The first-order valence-corrected chi connectivity index (χ1v) is 8.29. The average molecular weight is 384 g/mol. The number of nitrogens with one attached hydrogen (secondary N) is 1. The highest BCUT2D eigenvalue weighted by Gasteiger charge is 2.15. The third-order valence-electron chi connectivity index (χ3n) is 3.17. The molecule has 2 aromatic rings. The third-order valence-corrected chi connectivity index (χ3v) is 3.77. The molecular formula is C18H16ClF2NO2S. The van der Waals surface area contributed by atoms with Crippen LogP contribution in [-0.4, -0.2) is 17.1 Å². The lowest BCUT2D eigenvalue weighted by molar-refractivity contribution is 0.102. The molecule has 0 aromatic heterocycles. The highest BCUT2D eigenvalue weighted by molar-refractivity contribution is 7.80. The summed E-state index contributed by atoms with van der Waals surface area (Å²) >= 11 is 11.2. The predicted octanol–water partition coefficient (Wildman–Crippen LogP) is 5.17. The van der Waals surface area contributed by atoms with Crippen molar-refractivity contribution in [1.29, 1.82) is 0 Å². The first-order chi connectivity index (χ1) is 11.8. The Hall–Kier alpha value is -2.05. The molecule has 25 heavy (non-hydrogen) atoms. The van der Waals surface area contributed by atoms with Crippen LogP contribution in [0.3, 0.4) is 0 Å². The van der Waals surface area contributed by atoms with Gasteiger partial charge >= 0.3 is 0 Å². The number of rotatable bonds is 5. The summed E-state index contributed by atoms with van der Waals surface area (Å²) in [4.78, 5) is 12.2. The van der Waals surface area contributed by atoms with Gasteiger partial charge in [-0.3, -0.25) is 4.79 Å². The number of amides is 1. The van der Waals surface area contributed by atoms with Gasteiger partial charge in [0, 0.05) is 17.0 Å². The highest BCUT2D eigenvalue weighted by Crippen LogP contribution is 2.26. The van der Waals surface area contributed by atoms with E-state index in [1.54, 1.807) is 0 Å². The quantitative estimate of drug-likeness (QED) is 0.724. The number of ether oxygens (including phenoxy) is 1. The van der Waals surface area contributed by atoms with Gasteiger partial charge in [-0.15, -0.1) is 0 Å². The summed E-state index contributed by atoms with van der Waals surface area (Å²) in [5.74, 6) is -1.89. The molecule has 0 aliphatic rings. The fourth-order valence-electron chi connectivity index (χ4n) is 2.11. The zero-order chi connectivity index (χ0) is 18.6. The van der Waals surface area contributed by atoms with Gasteiger partial charge in [-0.1, -0.05) is 17.7 Å². The number of anilines is 1. The molecule has 0 bridgehead atoms. The minimum absolute atomic E-state index is 0.0685. The summed E-state index contributed by atoms with van der Waals surface area (Å²) < 4.78 is 32.7. The molecule has 7 heteroatoms. The molecule has 0 aliphatic carbocycles. The van der Waals surface area contributed by atoms with Crippen LogP contribution in [0.25, 0.3) is 0 Å². The number of hydrogen-bond donors (Lipinski definition) is 1. The van der Waals surface area contributed by atoms with Crippen LogP contribution in [0.2, 0.25) is 5.02 Å². The molecule has 0 aliphatic heterocycles. The van der Waals surface area contributed by atoms with Crippen molar-refractivity contribution in [3.63, 3.8) is 0 Å². The molecule has 0 heterocycles. The van der Waals surface area contributed by atoms with Crippen LogP contribution in [0.4, 0.5) is 14.5 Å². The number of thiocarbonyl (C=S) groups is 1. The first-order valence-electron chi connectivity index (χ1n) is 7.50. The smallest absolute Gasteiger partial charge is 0.255 e. The molecule has 0 fully saturated rings. The van der Waals surface area contributed by atoms with Crippen LogP contribution in [0.15, 0.2) is 36.4 Å². The Kier molecular flexibility index (Phi) is 6.45. The molecule has 1 N–H and O–H groups in total. The highest BCUT2D eigenvalue weighted by atomic mass is 35.5. The number of carbonyl (C=O) groups is 1. The Morgan fingerprint density at radius 1 is 1.28 bits per heavy atom. The number of hydrogen-bond acceptors (Lipinski definition) is 3. The molecular weight excluding hydrogens is 368 g/mol. The molecule has 0 radical (unpaired) electrons. The minimum Gasteiger partial charge on any atom is -0.484 e. The maximum absolute atomic E-state index is 14.1. The van der Waals surface area contributed by atoms with Gasteiger partial charge in [-0.25, -0.2) is 8.78 Å². The summed E-state index contributed by atoms with van der Waals surface area (Å²) in [5.41, 5.74) is 0.527. The first kappa shape index (κ1) is 19.3. The topological polar surface area (TPSA) is 38.3 Å². The van der Waals surface area contributed by atoms with Crippen LogP contribution in [0, 0.1) is 11.6 Å². The van der Waals surface area contributed by atoms with Gasteiger partial charge in [-0.2, -0.15) is 0 Å². The fraction of sp³-hybridized carbons (Fsp3) is 0.222. The maximum Gasteiger partial charge on any atom is 0.255 e. The molecule has 1 amide bonds. The van der Waals surface area contributed by atoms with E-state index in [0.717, 1.165) is 12.1 Å². The lowest BCUT2D eigenvalue weighted by Crippen LogP contribution is -2.15. The number of carbonyl (C=O) groups excluding carboxylic acids is 1. The van der Waals surface area contributed by atoms with E-state index in [0.29, 0.717) is 10.6 Å². The van der Waals surface area contributed by atoms with Gasteiger partial charge in [0.15, 0.2) is 5.05 Å². The Bertz CT molecular complexity index is 812. The van der Waals surface area contributed by atoms with Crippen molar-refractivity contribution in [2.24, 2.45) is 0 Å². The van der Waals surface area contributed by atoms with Gasteiger partial charge in [-0.05, 0) is 62.0 Å². The molecule has 2 aromatic carbocycles. The Balaban J connectivity index is 2.22. The van der Waals surface area contributed by atoms with Crippen LogP contribution in [-0.2, 0) is 11.2 Å². The molecule has 0 atom stereocenters. The standard InChI is InChI=1S/C18H16ClF2NO2S/c1-10(2)24-17(25)8-12-7-16(15(21)9-14(12)19)22-18(23)11-4-3-5-13(20)6-11/h3-7,9-10H,8H2,1-2H3,(H,22,23). The van der Waals surface area contributed by atoms with Crippen molar-refractivity contribution in [3.05, 3.63) is 64.2 Å². The zero-order valence-corrected chi connectivity index (χ0v) is 15.2. The van der Waals surface area contributed by atoms with Crippen LogP contribution < -0.4 is 5.32 Å². The molecule has 3 nitrogen and oxygen atoms in total. The zero-order valence-electron chi connectivity index (χ0n) is 13.6. The molecule has 2 rings (SSSR count). The lowest BCUT2D eigenvalue weighted by Gasteiger charge is -2.13. The Labute approximate surface area is 154 Å². The van der Waals surface area contributed by atoms with Crippen molar-refractivity contribution in [2.75, 3.05) is 5.32 Å². The number of benzene rings is 2. The Morgan fingerprint density at radius 2 is 2.00 bits per heavy atom. The van der Waals surface area contributed by atoms with E-state index in [4.69, 9.17) is 28.6 Å². The summed E-state index contributed by atoms with van der Waals surface area (Å²) in [6.45, 7) is 3.67. The van der Waals surface area contributed by atoms with E-state index in [2.05, 4.69) is 5.32 Å². The average Bonchev–Trinajstić information content (AvgIpc) is 2.51. The molecule has 0 spiro atoms. The Morgan fingerprint density at radius 3 is 2.64 bits per heavy atom. The van der Waals surface area contributed by atoms with E-state index in [1.807, 2.05) is 13.8 Å². The van der Waals surface area contributed by atoms with Gasteiger partial charge in [0.2, 0.25) is 0 Å². The van der Waals surface area contributed by atoms with Crippen molar-refractivity contribution < 1.29 is 18.3 Å². The van der Waals surface area contributed by atoms with Crippen molar-refractivity contribution in [2.45, 2.75) is 26.4 Å². The molecule has 0 saturated heterocycles. The van der Waals surface area contributed by atoms with Crippen LogP contribution in [0.5, 0.6) is 0 Å². The van der Waals surface area contributed by atoms with Crippen molar-refractivity contribution >= 4 is 40.5 Å². The van der Waals surface area contributed by atoms with Crippen LogP contribution >= 0.6 is 23.8 Å². The number of halogens is 3. The van der Waals surface area contributed by atoms with E-state index in [-0.39, 0.29) is 28.8 Å².